The second-order valence-electron chi connectivity index (χ2n) is 2.12. The summed E-state index contributed by atoms with van der Waals surface area (Å²) in [5, 5.41) is 4.19. The van der Waals surface area contributed by atoms with Crippen molar-refractivity contribution in [2.75, 3.05) is 11.9 Å². The van der Waals surface area contributed by atoms with E-state index in [1.807, 2.05) is 0 Å². The van der Waals surface area contributed by atoms with E-state index in [0.717, 1.165) is 27.6 Å². The van der Waals surface area contributed by atoms with E-state index in [2.05, 4.69) is 40.1 Å². The molecule has 1 aromatic rings. The van der Waals surface area contributed by atoms with E-state index >= 15 is 0 Å². The highest BCUT2D eigenvalue weighted by Gasteiger charge is 2.04. The second-order valence-corrected chi connectivity index (χ2v) is 4.44. The van der Waals surface area contributed by atoms with E-state index in [1.54, 1.807) is 11.3 Å². The summed E-state index contributed by atoms with van der Waals surface area (Å²) in [5.41, 5.74) is 1.14. The summed E-state index contributed by atoms with van der Waals surface area (Å²) in [5.74, 6) is 0. The summed E-state index contributed by atoms with van der Waals surface area (Å²) in [7, 11) is 0. The normalized spacial score (nSPS) is 10.1. The number of halogens is 1. The maximum absolute atomic E-state index is 4.38. The number of thiazole rings is 1. The molecule has 1 heterocycles. The van der Waals surface area contributed by atoms with Gasteiger partial charge in [0.05, 0.1) is 9.48 Å². The van der Waals surface area contributed by atoms with Crippen LogP contribution in [0.25, 0.3) is 0 Å². The van der Waals surface area contributed by atoms with E-state index in [4.69, 9.17) is 0 Å². The monoisotopic (exact) mass is 234 g/mol. The molecular weight excluding hydrogens is 224 g/mol. The zero-order chi connectivity index (χ0) is 8.27. The third-order valence-electron chi connectivity index (χ3n) is 1.31. The fourth-order valence-corrected chi connectivity index (χ4v) is 2.46. The van der Waals surface area contributed by atoms with Crippen molar-refractivity contribution in [3.05, 3.63) is 9.48 Å². The Bertz CT molecular complexity index is 234. The van der Waals surface area contributed by atoms with Crippen molar-refractivity contribution in [2.24, 2.45) is 0 Å². The molecule has 0 atom stereocenters. The molecule has 1 aromatic heterocycles. The van der Waals surface area contributed by atoms with Gasteiger partial charge in [-0.3, -0.25) is 0 Å². The molecule has 1 rings (SSSR count). The number of rotatable bonds is 3. The van der Waals surface area contributed by atoms with E-state index < -0.39 is 0 Å². The molecule has 0 spiro atoms. The smallest absolute Gasteiger partial charge is 0.183 e. The van der Waals surface area contributed by atoms with Crippen LogP contribution in [0.3, 0.4) is 0 Å². The van der Waals surface area contributed by atoms with Crippen LogP contribution in [0.4, 0.5) is 5.13 Å². The average molecular weight is 235 g/mol. The molecule has 4 heteroatoms. The SMILES string of the molecule is CCNc1nc(CC)c(Br)s1. The molecule has 0 aliphatic rings. The van der Waals surface area contributed by atoms with Gasteiger partial charge in [0.1, 0.15) is 0 Å². The molecule has 2 nitrogen and oxygen atoms in total. The Balaban J connectivity index is 2.77. The van der Waals surface area contributed by atoms with Crippen LogP contribution in [0.15, 0.2) is 3.79 Å². The predicted molar refractivity (Wildman–Crippen MR) is 53.4 cm³/mol. The third kappa shape index (κ3) is 2.17. The topological polar surface area (TPSA) is 24.9 Å². The quantitative estimate of drug-likeness (QED) is 0.871. The Morgan fingerprint density at radius 2 is 2.27 bits per heavy atom. The highest BCUT2D eigenvalue weighted by Crippen LogP contribution is 2.28. The lowest BCUT2D eigenvalue weighted by Gasteiger charge is -1.92. The predicted octanol–water partition coefficient (Wildman–Crippen LogP) is 2.90. The number of anilines is 1. The van der Waals surface area contributed by atoms with Gasteiger partial charge in [-0.15, -0.1) is 0 Å². The van der Waals surface area contributed by atoms with Crippen molar-refractivity contribution in [3.63, 3.8) is 0 Å². The molecule has 0 radical (unpaired) electrons. The fraction of sp³-hybridized carbons (Fsp3) is 0.571. The van der Waals surface area contributed by atoms with Gasteiger partial charge in [-0.1, -0.05) is 18.3 Å². The van der Waals surface area contributed by atoms with Crippen molar-refractivity contribution in [1.29, 1.82) is 0 Å². The first-order chi connectivity index (χ1) is 5.27. The van der Waals surface area contributed by atoms with Gasteiger partial charge in [0.25, 0.3) is 0 Å². The lowest BCUT2D eigenvalue weighted by molar-refractivity contribution is 1.05. The minimum atomic E-state index is 0.934. The molecule has 0 unspecified atom stereocenters. The molecule has 0 saturated carbocycles. The lowest BCUT2D eigenvalue weighted by atomic mass is 10.4. The molecule has 0 amide bonds. The van der Waals surface area contributed by atoms with E-state index in [0.29, 0.717) is 0 Å². The van der Waals surface area contributed by atoms with Crippen LogP contribution >= 0.6 is 27.3 Å². The van der Waals surface area contributed by atoms with Gasteiger partial charge in [0.2, 0.25) is 0 Å². The number of hydrogen-bond acceptors (Lipinski definition) is 3. The maximum Gasteiger partial charge on any atom is 0.183 e. The molecule has 0 bridgehead atoms. The zero-order valence-electron chi connectivity index (χ0n) is 6.65. The summed E-state index contributed by atoms with van der Waals surface area (Å²) < 4.78 is 1.15. The van der Waals surface area contributed by atoms with Crippen LogP contribution in [0.5, 0.6) is 0 Å². The fourth-order valence-electron chi connectivity index (χ4n) is 0.778. The lowest BCUT2D eigenvalue weighted by Crippen LogP contribution is -1.95. The Morgan fingerprint density at radius 1 is 1.55 bits per heavy atom. The molecule has 0 aromatic carbocycles. The molecule has 0 fully saturated rings. The molecule has 11 heavy (non-hydrogen) atoms. The highest BCUT2D eigenvalue weighted by atomic mass is 79.9. The summed E-state index contributed by atoms with van der Waals surface area (Å²) in [6.07, 6.45) is 0.989. The van der Waals surface area contributed by atoms with Gasteiger partial charge in [-0.25, -0.2) is 4.98 Å². The number of nitrogens with zero attached hydrogens (tertiary/aromatic N) is 1. The first kappa shape index (κ1) is 9.00. The number of aromatic nitrogens is 1. The van der Waals surface area contributed by atoms with Gasteiger partial charge in [0.15, 0.2) is 5.13 Å². The van der Waals surface area contributed by atoms with Gasteiger partial charge in [-0.05, 0) is 29.3 Å². The van der Waals surface area contributed by atoms with Crippen molar-refractivity contribution in [1.82, 2.24) is 4.98 Å². The largest absolute Gasteiger partial charge is 0.362 e. The first-order valence-corrected chi connectivity index (χ1v) is 5.28. The Kier molecular flexibility index (Phi) is 3.33. The molecule has 0 aliphatic carbocycles. The van der Waals surface area contributed by atoms with Crippen LogP contribution in [-0.2, 0) is 6.42 Å². The van der Waals surface area contributed by atoms with Crippen LogP contribution < -0.4 is 5.32 Å². The van der Waals surface area contributed by atoms with Crippen LogP contribution in [0, 0.1) is 0 Å². The number of aryl methyl sites for hydroxylation is 1. The molecule has 0 aliphatic heterocycles. The third-order valence-corrected chi connectivity index (χ3v) is 3.10. The van der Waals surface area contributed by atoms with Crippen LogP contribution in [-0.4, -0.2) is 11.5 Å². The Morgan fingerprint density at radius 3 is 2.73 bits per heavy atom. The van der Waals surface area contributed by atoms with Crippen LogP contribution in [0.1, 0.15) is 19.5 Å². The standard InChI is InChI=1S/C7H11BrN2S/c1-3-5-6(8)11-7(10-5)9-4-2/h3-4H2,1-2H3,(H,9,10). The molecule has 62 valence electrons. The van der Waals surface area contributed by atoms with Crippen molar-refractivity contribution in [2.45, 2.75) is 20.3 Å². The Hall–Kier alpha value is -0.0900. The zero-order valence-corrected chi connectivity index (χ0v) is 9.05. The van der Waals surface area contributed by atoms with Crippen molar-refractivity contribution >= 4 is 32.4 Å². The van der Waals surface area contributed by atoms with E-state index in [1.165, 1.54) is 0 Å². The van der Waals surface area contributed by atoms with Crippen LogP contribution in [0.2, 0.25) is 0 Å². The van der Waals surface area contributed by atoms with Crippen molar-refractivity contribution < 1.29 is 0 Å². The van der Waals surface area contributed by atoms with Crippen molar-refractivity contribution in [3.8, 4) is 0 Å². The first-order valence-electron chi connectivity index (χ1n) is 3.67. The number of nitrogens with one attached hydrogen (secondary N) is 1. The molecule has 0 saturated heterocycles. The van der Waals surface area contributed by atoms with E-state index in [9.17, 15) is 0 Å². The minimum absolute atomic E-state index is 0.934. The maximum atomic E-state index is 4.38. The summed E-state index contributed by atoms with van der Waals surface area (Å²) >= 11 is 5.12. The summed E-state index contributed by atoms with van der Waals surface area (Å²) in [6.45, 7) is 5.11. The van der Waals surface area contributed by atoms with E-state index in [-0.39, 0.29) is 0 Å². The number of hydrogen-bond donors (Lipinski definition) is 1. The highest BCUT2D eigenvalue weighted by molar-refractivity contribution is 9.11. The summed E-state index contributed by atoms with van der Waals surface area (Å²) in [4.78, 5) is 4.38. The van der Waals surface area contributed by atoms with Gasteiger partial charge >= 0.3 is 0 Å². The second kappa shape index (κ2) is 4.07. The average Bonchev–Trinajstić information content (AvgIpc) is 2.32. The Labute approximate surface area is 79.2 Å². The molecule has 1 N–H and O–H groups in total. The molecular formula is C7H11BrN2S. The van der Waals surface area contributed by atoms with Gasteiger partial charge < -0.3 is 5.32 Å². The van der Waals surface area contributed by atoms with Gasteiger partial charge in [0, 0.05) is 6.54 Å². The van der Waals surface area contributed by atoms with Gasteiger partial charge in [-0.2, -0.15) is 0 Å². The summed E-state index contributed by atoms with van der Waals surface area (Å²) in [6, 6.07) is 0. The minimum Gasteiger partial charge on any atom is -0.362 e.